The molecule has 0 radical (unpaired) electrons. The number of esters is 1. The lowest BCUT2D eigenvalue weighted by Crippen LogP contribution is -2.27. The van der Waals surface area contributed by atoms with Crippen molar-refractivity contribution in [2.45, 2.75) is 187 Å². The van der Waals surface area contributed by atoms with Crippen LogP contribution in [0.5, 0.6) is 0 Å². The molecule has 0 aliphatic carbocycles. The van der Waals surface area contributed by atoms with Crippen LogP contribution >= 0.6 is 0 Å². The maximum atomic E-state index is 12.1. The van der Waals surface area contributed by atoms with E-state index in [9.17, 15) is 9.90 Å². The second kappa shape index (κ2) is 38.5. The maximum absolute atomic E-state index is 12.1. The van der Waals surface area contributed by atoms with Gasteiger partial charge < -0.3 is 14.6 Å². The summed E-state index contributed by atoms with van der Waals surface area (Å²) in [5, 5.41) is 9.53. The van der Waals surface area contributed by atoms with Crippen LogP contribution in [0.3, 0.4) is 0 Å². The lowest BCUT2D eigenvalue weighted by molar-refractivity contribution is -0.154. The van der Waals surface area contributed by atoms with Gasteiger partial charge in [0.1, 0.15) is 6.10 Å². The molecule has 1 unspecified atom stereocenters. The minimum Gasteiger partial charge on any atom is -0.457 e. The summed E-state index contributed by atoms with van der Waals surface area (Å²) in [7, 11) is 0. The molecule has 0 aromatic heterocycles. The second-order valence-electron chi connectivity index (χ2n) is 12.6. The fourth-order valence-corrected chi connectivity index (χ4v) is 5.32. The summed E-state index contributed by atoms with van der Waals surface area (Å²) in [4.78, 5) is 12.1. The molecule has 0 saturated heterocycles. The Balaban J connectivity index is 3.41. The highest BCUT2D eigenvalue weighted by Crippen LogP contribution is 2.13. The van der Waals surface area contributed by atoms with Gasteiger partial charge in [0.05, 0.1) is 13.2 Å². The van der Waals surface area contributed by atoms with E-state index >= 15 is 0 Å². The number of unbranched alkanes of at least 4 members (excludes halogenated alkanes) is 19. The Morgan fingerprint density at radius 2 is 1.00 bits per heavy atom. The van der Waals surface area contributed by atoms with Crippen molar-refractivity contribution in [3.05, 3.63) is 48.6 Å². The molecule has 0 rings (SSSR count). The van der Waals surface area contributed by atoms with Gasteiger partial charge in [0.25, 0.3) is 0 Å². The van der Waals surface area contributed by atoms with Crippen LogP contribution in [0.15, 0.2) is 48.6 Å². The molecular weight excluding hydrogens is 556 g/mol. The molecule has 262 valence electrons. The predicted octanol–water partition coefficient (Wildman–Crippen LogP) is 12.3. The Kier molecular flexibility index (Phi) is 37.1. The first-order valence-corrected chi connectivity index (χ1v) is 19.2. The molecular formula is C41H74O4. The van der Waals surface area contributed by atoms with Gasteiger partial charge in [-0.2, -0.15) is 0 Å². The molecule has 0 aliphatic rings. The summed E-state index contributed by atoms with van der Waals surface area (Å²) in [6, 6.07) is 0. The largest absolute Gasteiger partial charge is 0.457 e. The number of hydrogen-bond donors (Lipinski definition) is 1. The van der Waals surface area contributed by atoms with E-state index in [0.29, 0.717) is 19.6 Å². The first-order chi connectivity index (χ1) is 22.2. The Morgan fingerprint density at radius 3 is 1.51 bits per heavy atom. The van der Waals surface area contributed by atoms with Crippen molar-refractivity contribution in [3.63, 3.8) is 0 Å². The SMILES string of the molecule is CC/C=C\C/C=C\C/C=C\C/C=C\CCCCCCCCCCCCCOCC(CO)OC(=O)CCCCCCCCCCC. The third-order valence-electron chi connectivity index (χ3n) is 8.17. The van der Waals surface area contributed by atoms with Crippen LogP contribution in [0.1, 0.15) is 181 Å². The molecule has 0 fully saturated rings. The van der Waals surface area contributed by atoms with Crippen LogP contribution in [-0.4, -0.2) is 37.0 Å². The molecule has 0 amide bonds. The Hall–Kier alpha value is -1.65. The lowest BCUT2D eigenvalue weighted by atomic mass is 10.1. The predicted molar refractivity (Wildman–Crippen MR) is 196 cm³/mol. The van der Waals surface area contributed by atoms with E-state index in [2.05, 4.69) is 62.5 Å². The highest BCUT2D eigenvalue weighted by molar-refractivity contribution is 5.69. The number of carbonyl (C=O) groups excluding carboxylic acids is 1. The molecule has 45 heavy (non-hydrogen) atoms. The molecule has 0 bridgehead atoms. The highest BCUT2D eigenvalue weighted by atomic mass is 16.6. The van der Waals surface area contributed by atoms with Crippen LogP contribution in [0.2, 0.25) is 0 Å². The van der Waals surface area contributed by atoms with E-state index in [-0.39, 0.29) is 12.6 Å². The lowest BCUT2D eigenvalue weighted by Gasteiger charge is -2.16. The number of hydrogen-bond acceptors (Lipinski definition) is 4. The minimum absolute atomic E-state index is 0.172. The van der Waals surface area contributed by atoms with Crippen molar-refractivity contribution in [2.75, 3.05) is 19.8 Å². The number of ether oxygens (including phenoxy) is 2. The number of aliphatic hydroxyl groups excluding tert-OH is 1. The summed E-state index contributed by atoms with van der Waals surface area (Å²) >= 11 is 0. The van der Waals surface area contributed by atoms with Gasteiger partial charge in [0.2, 0.25) is 0 Å². The van der Waals surface area contributed by atoms with Crippen LogP contribution in [0.4, 0.5) is 0 Å². The van der Waals surface area contributed by atoms with E-state index in [1.165, 1.54) is 116 Å². The quantitative estimate of drug-likeness (QED) is 0.0430. The fraction of sp³-hybridized carbons (Fsp3) is 0.780. The summed E-state index contributed by atoms with van der Waals surface area (Å²) in [5.41, 5.74) is 0. The molecule has 4 nitrogen and oxygen atoms in total. The molecule has 4 heteroatoms. The molecule has 0 heterocycles. The Bertz CT molecular complexity index is 708. The van der Waals surface area contributed by atoms with Crippen molar-refractivity contribution < 1.29 is 19.4 Å². The third kappa shape index (κ3) is 36.7. The Morgan fingerprint density at radius 1 is 0.556 bits per heavy atom. The number of carbonyl (C=O) groups is 1. The van der Waals surface area contributed by atoms with Crippen molar-refractivity contribution in [2.24, 2.45) is 0 Å². The van der Waals surface area contributed by atoms with E-state index < -0.39 is 6.10 Å². The molecule has 0 saturated carbocycles. The third-order valence-corrected chi connectivity index (χ3v) is 8.17. The zero-order valence-corrected chi connectivity index (χ0v) is 29.9. The van der Waals surface area contributed by atoms with Crippen LogP contribution in [0, 0.1) is 0 Å². The smallest absolute Gasteiger partial charge is 0.306 e. The van der Waals surface area contributed by atoms with Gasteiger partial charge in [0.15, 0.2) is 0 Å². The van der Waals surface area contributed by atoms with Crippen molar-refractivity contribution in [1.29, 1.82) is 0 Å². The van der Waals surface area contributed by atoms with Crippen LogP contribution < -0.4 is 0 Å². The van der Waals surface area contributed by atoms with Crippen LogP contribution in [0.25, 0.3) is 0 Å². The normalized spacial score (nSPS) is 12.9. The first kappa shape index (κ1) is 43.4. The second-order valence-corrected chi connectivity index (χ2v) is 12.6. The number of rotatable bonds is 35. The van der Waals surface area contributed by atoms with Crippen molar-refractivity contribution >= 4 is 5.97 Å². The minimum atomic E-state index is -0.532. The number of aliphatic hydroxyl groups is 1. The monoisotopic (exact) mass is 631 g/mol. The standard InChI is InChI=1S/C41H74O4/c1-3-5-7-9-11-13-14-15-16-17-18-19-20-21-22-23-24-25-26-27-29-31-33-35-37-44-39-40(38-42)45-41(43)36-34-32-30-28-12-10-8-6-4-2/h5,7,11,13,15-16,18-19,40,42H,3-4,6,8-10,12,14,17,20-39H2,1-2H3/b7-5-,13-11-,16-15-,19-18-. The van der Waals surface area contributed by atoms with E-state index in [1.807, 2.05) is 0 Å². The molecule has 0 aromatic carbocycles. The zero-order chi connectivity index (χ0) is 32.7. The summed E-state index contributed by atoms with van der Waals surface area (Å²) in [6.07, 6.45) is 48.8. The van der Waals surface area contributed by atoms with Crippen molar-refractivity contribution in [3.8, 4) is 0 Å². The highest BCUT2D eigenvalue weighted by Gasteiger charge is 2.13. The average molecular weight is 631 g/mol. The van der Waals surface area contributed by atoms with Gasteiger partial charge in [0, 0.05) is 13.0 Å². The Labute approximate surface area is 280 Å². The maximum Gasteiger partial charge on any atom is 0.306 e. The van der Waals surface area contributed by atoms with E-state index in [0.717, 1.165) is 44.9 Å². The van der Waals surface area contributed by atoms with Gasteiger partial charge in [-0.05, 0) is 51.4 Å². The fourth-order valence-electron chi connectivity index (χ4n) is 5.32. The summed E-state index contributed by atoms with van der Waals surface area (Å²) in [6.45, 7) is 5.21. The number of allylic oxidation sites excluding steroid dienone is 8. The first-order valence-electron chi connectivity index (χ1n) is 19.2. The van der Waals surface area contributed by atoms with Crippen molar-refractivity contribution in [1.82, 2.24) is 0 Å². The molecule has 0 aromatic rings. The van der Waals surface area contributed by atoms with Crippen LogP contribution in [-0.2, 0) is 14.3 Å². The molecule has 0 aliphatic heterocycles. The van der Waals surface area contributed by atoms with Gasteiger partial charge in [-0.1, -0.05) is 172 Å². The van der Waals surface area contributed by atoms with Gasteiger partial charge in [-0.15, -0.1) is 0 Å². The average Bonchev–Trinajstić information content (AvgIpc) is 3.05. The molecule has 1 N–H and O–H groups in total. The van der Waals surface area contributed by atoms with Gasteiger partial charge in [-0.3, -0.25) is 4.79 Å². The summed E-state index contributed by atoms with van der Waals surface area (Å²) < 4.78 is 11.1. The van der Waals surface area contributed by atoms with Gasteiger partial charge >= 0.3 is 5.97 Å². The van der Waals surface area contributed by atoms with E-state index in [4.69, 9.17) is 9.47 Å². The van der Waals surface area contributed by atoms with Gasteiger partial charge in [-0.25, -0.2) is 0 Å². The zero-order valence-electron chi connectivity index (χ0n) is 29.9. The molecule has 0 spiro atoms. The topological polar surface area (TPSA) is 55.8 Å². The summed E-state index contributed by atoms with van der Waals surface area (Å²) in [5.74, 6) is -0.206. The molecule has 1 atom stereocenters. The van der Waals surface area contributed by atoms with E-state index in [1.54, 1.807) is 0 Å².